The summed E-state index contributed by atoms with van der Waals surface area (Å²) in [5, 5.41) is 2.12. The first-order chi connectivity index (χ1) is 39.1. The topological polar surface area (TPSA) is 64.7 Å². The molecule has 14 aromatic rings. The Balaban J connectivity index is 0.961. The van der Waals surface area contributed by atoms with E-state index in [4.69, 9.17) is 24.4 Å². The van der Waals surface area contributed by atoms with Gasteiger partial charge in [0.1, 0.15) is 11.2 Å². The molecule has 0 saturated carbocycles. The Hall–Kier alpha value is -10.6. The highest BCUT2D eigenvalue weighted by Crippen LogP contribution is 2.39. The van der Waals surface area contributed by atoms with Crippen LogP contribution in [0.25, 0.3) is 145 Å². The van der Waals surface area contributed by atoms with Gasteiger partial charge < -0.3 is 4.42 Å². The van der Waals surface area contributed by atoms with Crippen molar-refractivity contribution < 1.29 is 4.42 Å². The molecule has 5 nitrogen and oxygen atoms in total. The minimum atomic E-state index is 0.627. The zero-order valence-corrected chi connectivity index (χ0v) is 42.9. The number of nitrogens with zero attached hydrogens (tertiary/aromatic N) is 4. The lowest BCUT2D eigenvalue weighted by molar-refractivity contribution is 0.669. The van der Waals surface area contributed by atoms with Crippen molar-refractivity contribution in [3.8, 4) is 123 Å². The van der Waals surface area contributed by atoms with E-state index in [9.17, 15) is 0 Å². The van der Waals surface area contributed by atoms with Crippen LogP contribution in [0.4, 0.5) is 0 Å². The molecule has 5 heteroatoms. The number of furan rings is 1. The Morgan fingerprint density at radius 1 is 0.177 bits per heavy atom. The Kier molecular flexibility index (Phi) is 12.2. The van der Waals surface area contributed by atoms with Gasteiger partial charge in [-0.25, -0.2) is 19.9 Å². The van der Waals surface area contributed by atoms with Gasteiger partial charge in [0, 0.05) is 44.2 Å². The van der Waals surface area contributed by atoms with E-state index in [2.05, 4.69) is 255 Å². The molecule has 0 N–H and O–H groups in total. The number of hydrogen-bond donors (Lipinski definition) is 0. The zero-order valence-electron chi connectivity index (χ0n) is 42.9. The second kappa shape index (κ2) is 20.5. The first-order valence-electron chi connectivity index (χ1n) is 26.6. The molecule has 3 heterocycles. The minimum absolute atomic E-state index is 0.627. The Bertz CT molecular complexity index is 4030. The molecule has 0 aliphatic rings. The van der Waals surface area contributed by atoms with Crippen LogP contribution < -0.4 is 0 Å². The third kappa shape index (κ3) is 9.58. The van der Waals surface area contributed by atoms with Crippen LogP contribution in [0.3, 0.4) is 0 Å². The highest BCUT2D eigenvalue weighted by atomic mass is 16.3. The van der Waals surface area contributed by atoms with E-state index in [1.807, 2.05) is 36.4 Å². The van der Waals surface area contributed by atoms with Crippen molar-refractivity contribution in [2.24, 2.45) is 0 Å². The van der Waals surface area contributed by atoms with Crippen molar-refractivity contribution in [1.82, 2.24) is 19.9 Å². The van der Waals surface area contributed by atoms with Crippen LogP contribution >= 0.6 is 0 Å². The van der Waals surface area contributed by atoms with E-state index >= 15 is 0 Å². The minimum Gasteiger partial charge on any atom is -0.456 e. The SMILES string of the molecule is c1ccc(-c2ccc(-c3cc(-c4cc(-c5ccc6oc7ccccc7c6c5)cc(-c5cc(-c6ccc(-c7ccccc7)cc6)nc(-c6ccc(-c7ccccc7)cc6)n5)c4)nc(-c4ccc(-c5ccccc5)cc4)n3)cc2)cc1. The molecule has 11 aromatic carbocycles. The van der Waals surface area contributed by atoms with Gasteiger partial charge in [-0.3, -0.25) is 0 Å². The molecule has 0 amide bonds. The van der Waals surface area contributed by atoms with E-state index in [-0.39, 0.29) is 0 Å². The van der Waals surface area contributed by atoms with Gasteiger partial charge in [0.25, 0.3) is 0 Å². The maximum Gasteiger partial charge on any atom is 0.160 e. The average molecular weight is 1010 g/mol. The van der Waals surface area contributed by atoms with E-state index < -0.39 is 0 Å². The van der Waals surface area contributed by atoms with Crippen LogP contribution in [0, 0.1) is 0 Å². The fraction of sp³-hybridized carbons (Fsp3) is 0. The van der Waals surface area contributed by atoms with Gasteiger partial charge in [-0.15, -0.1) is 0 Å². The van der Waals surface area contributed by atoms with Crippen LogP contribution in [0.2, 0.25) is 0 Å². The van der Waals surface area contributed by atoms with Gasteiger partial charge >= 0.3 is 0 Å². The van der Waals surface area contributed by atoms with Crippen molar-refractivity contribution in [2.75, 3.05) is 0 Å². The Labute approximate surface area is 458 Å². The molecule has 0 bridgehead atoms. The molecule has 3 aromatic heterocycles. The summed E-state index contributed by atoms with van der Waals surface area (Å²) in [6.07, 6.45) is 0. The fourth-order valence-electron chi connectivity index (χ4n) is 10.6. The van der Waals surface area contributed by atoms with Gasteiger partial charge in [0.2, 0.25) is 0 Å². The summed E-state index contributed by atoms with van der Waals surface area (Å²) < 4.78 is 6.35. The molecular formula is C74H48N4O. The maximum absolute atomic E-state index is 6.35. The summed E-state index contributed by atoms with van der Waals surface area (Å²) in [5.41, 5.74) is 21.7. The third-order valence-electron chi connectivity index (χ3n) is 14.8. The van der Waals surface area contributed by atoms with Gasteiger partial charge in [-0.05, 0) is 104 Å². The van der Waals surface area contributed by atoms with Crippen molar-refractivity contribution in [2.45, 2.75) is 0 Å². The molecule has 370 valence electrons. The third-order valence-corrected chi connectivity index (χ3v) is 14.8. The lowest BCUT2D eigenvalue weighted by Gasteiger charge is -2.15. The lowest BCUT2D eigenvalue weighted by Crippen LogP contribution is -1.98. The Morgan fingerprint density at radius 2 is 0.468 bits per heavy atom. The summed E-state index contributed by atoms with van der Waals surface area (Å²) in [4.78, 5) is 21.6. The molecule has 0 spiro atoms. The van der Waals surface area contributed by atoms with Crippen LogP contribution in [-0.2, 0) is 0 Å². The zero-order chi connectivity index (χ0) is 52.5. The van der Waals surface area contributed by atoms with Crippen molar-refractivity contribution >= 4 is 21.9 Å². The second-order valence-electron chi connectivity index (χ2n) is 19.8. The molecule has 14 rings (SSSR count). The summed E-state index contributed by atoms with van der Waals surface area (Å²) in [6, 6.07) is 102. The van der Waals surface area contributed by atoms with Gasteiger partial charge in [-0.1, -0.05) is 243 Å². The molecule has 0 unspecified atom stereocenters. The molecule has 79 heavy (non-hydrogen) atoms. The predicted molar refractivity (Wildman–Crippen MR) is 325 cm³/mol. The first-order valence-corrected chi connectivity index (χ1v) is 26.6. The first kappa shape index (κ1) is 46.9. The summed E-state index contributed by atoms with van der Waals surface area (Å²) in [7, 11) is 0. The number of benzene rings is 11. The van der Waals surface area contributed by atoms with Crippen LogP contribution in [0.1, 0.15) is 0 Å². The summed E-state index contributed by atoms with van der Waals surface area (Å²) >= 11 is 0. The fourth-order valence-corrected chi connectivity index (χ4v) is 10.6. The largest absolute Gasteiger partial charge is 0.456 e. The second-order valence-corrected chi connectivity index (χ2v) is 19.8. The maximum atomic E-state index is 6.35. The quantitative estimate of drug-likeness (QED) is 0.129. The van der Waals surface area contributed by atoms with Gasteiger partial charge in [0.05, 0.1) is 22.8 Å². The highest BCUT2D eigenvalue weighted by molar-refractivity contribution is 6.06. The monoisotopic (exact) mass is 1010 g/mol. The van der Waals surface area contributed by atoms with E-state index in [1.165, 1.54) is 0 Å². The molecule has 0 aliphatic heterocycles. The highest BCUT2D eigenvalue weighted by Gasteiger charge is 2.18. The van der Waals surface area contributed by atoms with Crippen molar-refractivity contribution in [1.29, 1.82) is 0 Å². The van der Waals surface area contributed by atoms with E-state index in [0.29, 0.717) is 11.6 Å². The number of rotatable bonds is 11. The smallest absolute Gasteiger partial charge is 0.160 e. The van der Waals surface area contributed by atoms with Crippen molar-refractivity contribution in [3.63, 3.8) is 0 Å². The van der Waals surface area contributed by atoms with Gasteiger partial charge in [-0.2, -0.15) is 0 Å². The molecule has 0 saturated heterocycles. The van der Waals surface area contributed by atoms with Crippen molar-refractivity contribution in [3.05, 3.63) is 291 Å². The summed E-state index contributed by atoms with van der Waals surface area (Å²) in [5.74, 6) is 1.25. The molecule has 0 aliphatic carbocycles. The lowest BCUT2D eigenvalue weighted by atomic mass is 9.94. The molecular weight excluding hydrogens is 961 g/mol. The number of aromatic nitrogens is 4. The predicted octanol–water partition coefficient (Wildman–Crippen LogP) is 19.5. The van der Waals surface area contributed by atoms with Gasteiger partial charge in [0.15, 0.2) is 11.6 Å². The van der Waals surface area contributed by atoms with Crippen LogP contribution in [-0.4, -0.2) is 19.9 Å². The average Bonchev–Trinajstić information content (AvgIpc) is 4.02. The van der Waals surface area contributed by atoms with Crippen LogP contribution in [0.5, 0.6) is 0 Å². The van der Waals surface area contributed by atoms with Crippen LogP contribution in [0.15, 0.2) is 296 Å². The number of hydrogen-bond acceptors (Lipinski definition) is 5. The normalized spacial score (nSPS) is 11.3. The molecule has 0 radical (unpaired) electrons. The Morgan fingerprint density at radius 3 is 0.873 bits per heavy atom. The molecule has 0 fully saturated rings. The van der Waals surface area contributed by atoms with E-state index in [0.717, 1.165) is 134 Å². The standard InChI is InChI=1S/C74H48N4O/c1-5-15-49(16-6-1)53-25-33-57(34-26-53)67-47-69(77-73(75-67)59-37-29-55(30-38-59)51-19-9-3-10-20-51)63-43-62(61-41-42-72-66(46-61)65-23-13-14-24-71(65)79-72)44-64(45-63)70-48-68(58-35-27-54(28-36-58)50-17-7-2-8-18-50)76-74(78-70)60-39-31-56(32-40-60)52-21-11-4-12-22-52/h1-48H. The number of fused-ring (bicyclic) bond motifs is 3. The summed E-state index contributed by atoms with van der Waals surface area (Å²) in [6.45, 7) is 0. The van der Waals surface area contributed by atoms with E-state index in [1.54, 1.807) is 0 Å². The molecule has 0 atom stereocenters. The number of para-hydroxylation sites is 1.